The zero-order valence-corrected chi connectivity index (χ0v) is 11.2. The molecule has 98 valence electrons. The first-order valence-electron chi connectivity index (χ1n) is 6.30. The maximum Gasteiger partial charge on any atom is 0.254 e. The summed E-state index contributed by atoms with van der Waals surface area (Å²) < 4.78 is 0. The molecule has 2 aromatic rings. The minimum atomic E-state index is -0.132. The predicted octanol–water partition coefficient (Wildman–Crippen LogP) is 3.07. The molecule has 0 saturated carbocycles. The molecule has 3 heteroatoms. The number of amides is 1. The first-order chi connectivity index (χ1) is 9.09. The fourth-order valence-corrected chi connectivity index (χ4v) is 2.09. The highest BCUT2D eigenvalue weighted by Gasteiger charge is 2.15. The smallest absolute Gasteiger partial charge is 0.254 e. The maximum absolute atomic E-state index is 12.3. The minimum absolute atomic E-state index is 0.0484. The molecule has 1 unspecified atom stereocenters. The summed E-state index contributed by atoms with van der Waals surface area (Å²) >= 11 is 0. The molecule has 0 aliphatic heterocycles. The summed E-state index contributed by atoms with van der Waals surface area (Å²) in [5, 5.41) is 2.98. The van der Waals surface area contributed by atoms with Crippen LogP contribution < -0.4 is 11.1 Å². The molecule has 0 aromatic heterocycles. The summed E-state index contributed by atoms with van der Waals surface area (Å²) in [6.07, 6.45) is 0. The number of nitrogens with one attached hydrogen (secondary N) is 1. The van der Waals surface area contributed by atoms with Crippen molar-refractivity contribution >= 4 is 11.6 Å². The normalized spacial score (nSPS) is 11.9. The van der Waals surface area contributed by atoms with Gasteiger partial charge in [-0.2, -0.15) is 0 Å². The second-order valence-corrected chi connectivity index (χ2v) is 4.64. The molecule has 0 radical (unpaired) electrons. The molecule has 3 nitrogen and oxygen atoms in total. The Bertz CT molecular complexity index is 558. The van der Waals surface area contributed by atoms with Crippen LogP contribution in [-0.4, -0.2) is 5.91 Å². The zero-order valence-electron chi connectivity index (χ0n) is 11.2. The quantitative estimate of drug-likeness (QED) is 0.827. The maximum atomic E-state index is 12.3. The molecular formula is C16H18N2O. The molecule has 0 saturated heterocycles. The van der Waals surface area contributed by atoms with Crippen LogP contribution in [0.15, 0.2) is 48.5 Å². The van der Waals surface area contributed by atoms with Gasteiger partial charge in [0.05, 0.1) is 11.6 Å². The molecule has 0 fully saturated rings. The molecule has 0 bridgehead atoms. The van der Waals surface area contributed by atoms with Gasteiger partial charge >= 0.3 is 0 Å². The van der Waals surface area contributed by atoms with Crippen molar-refractivity contribution in [1.82, 2.24) is 5.32 Å². The molecule has 0 spiro atoms. The topological polar surface area (TPSA) is 55.1 Å². The Morgan fingerprint density at radius 2 is 1.79 bits per heavy atom. The van der Waals surface area contributed by atoms with E-state index in [9.17, 15) is 4.79 Å². The molecule has 1 amide bonds. The summed E-state index contributed by atoms with van der Waals surface area (Å²) in [6, 6.07) is 15.3. The average molecular weight is 254 g/mol. The second kappa shape index (κ2) is 5.57. The van der Waals surface area contributed by atoms with Crippen LogP contribution in [-0.2, 0) is 0 Å². The van der Waals surface area contributed by atoms with Crippen LogP contribution in [0.2, 0.25) is 0 Å². The van der Waals surface area contributed by atoms with E-state index in [1.54, 1.807) is 6.07 Å². The average Bonchev–Trinajstić information content (AvgIpc) is 2.39. The minimum Gasteiger partial charge on any atom is -0.398 e. The highest BCUT2D eigenvalue weighted by Crippen LogP contribution is 2.18. The SMILES string of the molecule is Cc1cccc(N)c1C(=O)NC(C)c1ccccc1. The van der Waals surface area contributed by atoms with Crippen LogP contribution in [0, 0.1) is 6.92 Å². The van der Waals surface area contributed by atoms with Gasteiger partial charge < -0.3 is 11.1 Å². The summed E-state index contributed by atoms with van der Waals surface area (Å²) in [5.41, 5.74) is 8.91. The van der Waals surface area contributed by atoms with E-state index in [-0.39, 0.29) is 11.9 Å². The highest BCUT2D eigenvalue weighted by molar-refractivity contribution is 6.00. The van der Waals surface area contributed by atoms with Crippen LogP contribution in [0.5, 0.6) is 0 Å². The molecule has 2 aromatic carbocycles. The van der Waals surface area contributed by atoms with Crippen molar-refractivity contribution in [2.24, 2.45) is 0 Å². The molecule has 3 N–H and O–H groups in total. The Labute approximate surface area is 113 Å². The van der Waals surface area contributed by atoms with Crippen molar-refractivity contribution in [3.63, 3.8) is 0 Å². The molecule has 0 heterocycles. The number of benzene rings is 2. The third-order valence-electron chi connectivity index (χ3n) is 3.18. The van der Waals surface area contributed by atoms with Crippen molar-refractivity contribution in [3.05, 3.63) is 65.2 Å². The van der Waals surface area contributed by atoms with Gasteiger partial charge in [-0.1, -0.05) is 42.5 Å². The van der Waals surface area contributed by atoms with Gasteiger partial charge in [-0.3, -0.25) is 4.79 Å². The standard InChI is InChI=1S/C16H18N2O/c1-11-7-6-10-14(17)15(11)16(19)18-12(2)13-8-4-3-5-9-13/h3-10,12H,17H2,1-2H3,(H,18,19). The molecule has 0 aliphatic rings. The van der Waals surface area contributed by atoms with Gasteiger partial charge in [-0.25, -0.2) is 0 Å². The number of hydrogen-bond acceptors (Lipinski definition) is 2. The highest BCUT2D eigenvalue weighted by atomic mass is 16.1. The van der Waals surface area contributed by atoms with Crippen molar-refractivity contribution in [1.29, 1.82) is 0 Å². The number of carbonyl (C=O) groups excluding carboxylic acids is 1. The molecule has 1 atom stereocenters. The van der Waals surface area contributed by atoms with Gasteiger partial charge in [0.15, 0.2) is 0 Å². The summed E-state index contributed by atoms with van der Waals surface area (Å²) in [7, 11) is 0. The Hall–Kier alpha value is -2.29. The van der Waals surface area contributed by atoms with Crippen LogP contribution >= 0.6 is 0 Å². The van der Waals surface area contributed by atoms with Gasteiger partial charge in [0, 0.05) is 5.69 Å². The van der Waals surface area contributed by atoms with E-state index in [4.69, 9.17) is 5.73 Å². The number of rotatable bonds is 3. The lowest BCUT2D eigenvalue weighted by atomic mass is 10.0. The van der Waals surface area contributed by atoms with Gasteiger partial charge in [0.1, 0.15) is 0 Å². The van der Waals surface area contributed by atoms with Crippen LogP contribution in [0.3, 0.4) is 0 Å². The van der Waals surface area contributed by atoms with Crippen LogP contribution in [0.4, 0.5) is 5.69 Å². The number of anilines is 1. The molecule has 0 aliphatic carbocycles. The Kier molecular flexibility index (Phi) is 3.85. The number of carbonyl (C=O) groups is 1. The van der Waals surface area contributed by atoms with Crippen molar-refractivity contribution in [3.8, 4) is 0 Å². The Balaban J connectivity index is 2.18. The van der Waals surface area contributed by atoms with E-state index in [0.717, 1.165) is 11.1 Å². The van der Waals surface area contributed by atoms with Crippen molar-refractivity contribution < 1.29 is 4.79 Å². The Morgan fingerprint density at radius 3 is 2.42 bits per heavy atom. The molecule has 2 rings (SSSR count). The van der Waals surface area contributed by atoms with Gasteiger partial charge in [0.25, 0.3) is 5.91 Å². The van der Waals surface area contributed by atoms with Gasteiger partial charge in [-0.05, 0) is 31.0 Å². The van der Waals surface area contributed by atoms with E-state index < -0.39 is 0 Å². The number of hydrogen-bond donors (Lipinski definition) is 2. The summed E-state index contributed by atoms with van der Waals surface area (Å²) in [4.78, 5) is 12.3. The lowest BCUT2D eigenvalue weighted by Gasteiger charge is -2.16. The largest absolute Gasteiger partial charge is 0.398 e. The lowest BCUT2D eigenvalue weighted by Crippen LogP contribution is -2.28. The number of nitrogens with two attached hydrogens (primary N) is 1. The Morgan fingerprint density at radius 1 is 1.11 bits per heavy atom. The fourth-order valence-electron chi connectivity index (χ4n) is 2.09. The third-order valence-corrected chi connectivity index (χ3v) is 3.18. The van der Waals surface area contributed by atoms with E-state index in [0.29, 0.717) is 11.3 Å². The van der Waals surface area contributed by atoms with Gasteiger partial charge in [-0.15, -0.1) is 0 Å². The predicted molar refractivity (Wildman–Crippen MR) is 77.9 cm³/mol. The van der Waals surface area contributed by atoms with E-state index >= 15 is 0 Å². The fraction of sp³-hybridized carbons (Fsp3) is 0.188. The van der Waals surface area contributed by atoms with E-state index in [2.05, 4.69) is 5.32 Å². The van der Waals surface area contributed by atoms with Gasteiger partial charge in [0.2, 0.25) is 0 Å². The zero-order chi connectivity index (χ0) is 13.8. The monoisotopic (exact) mass is 254 g/mol. The molecule has 19 heavy (non-hydrogen) atoms. The molecular weight excluding hydrogens is 236 g/mol. The van der Waals surface area contributed by atoms with Crippen LogP contribution in [0.25, 0.3) is 0 Å². The number of aryl methyl sites for hydroxylation is 1. The van der Waals surface area contributed by atoms with E-state index in [1.807, 2.05) is 56.3 Å². The first-order valence-corrected chi connectivity index (χ1v) is 6.30. The lowest BCUT2D eigenvalue weighted by molar-refractivity contribution is 0.0940. The van der Waals surface area contributed by atoms with Crippen molar-refractivity contribution in [2.75, 3.05) is 5.73 Å². The summed E-state index contributed by atoms with van der Waals surface area (Å²) in [5.74, 6) is -0.132. The van der Waals surface area contributed by atoms with E-state index in [1.165, 1.54) is 0 Å². The number of nitrogen functional groups attached to an aromatic ring is 1. The van der Waals surface area contributed by atoms with Crippen molar-refractivity contribution in [2.45, 2.75) is 19.9 Å². The second-order valence-electron chi connectivity index (χ2n) is 4.64. The summed E-state index contributed by atoms with van der Waals surface area (Å²) in [6.45, 7) is 3.85. The van der Waals surface area contributed by atoms with Crippen LogP contribution in [0.1, 0.15) is 34.5 Å². The first kappa shape index (κ1) is 13.1. The third kappa shape index (κ3) is 2.94.